The molecule has 0 radical (unpaired) electrons. The van der Waals surface area contributed by atoms with Crippen molar-refractivity contribution in [3.05, 3.63) is 95.1 Å². The minimum absolute atomic E-state index is 0.160. The molecule has 0 fully saturated rings. The topological polar surface area (TPSA) is 57.1 Å². The van der Waals surface area contributed by atoms with Crippen molar-refractivity contribution in [2.24, 2.45) is 4.99 Å². The van der Waals surface area contributed by atoms with Crippen LogP contribution in [0, 0.1) is 3.57 Å². The van der Waals surface area contributed by atoms with E-state index in [1.54, 1.807) is 30.3 Å². The summed E-state index contributed by atoms with van der Waals surface area (Å²) in [5, 5.41) is 0.991. The molecule has 0 unspecified atom stereocenters. The number of aliphatic imine (C=N–C) groups is 1. The van der Waals surface area contributed by atoms with Gasteiger partial charge in [-0.2, -0.15) is 0 Å². The molecule has 0 N–H and O–H groups in total. The highest BCUT2D eigenvalue weighted by Gasteiger charge is 2.25. The SMILES string of the molecule is COc1cc(/C=C2\N=C(c3ccc(I)c(Br)c3)OC2=O)cc(Cl)c1OCc1ccc(Cl)cc1. The molecule has 0 saturated carbocycles. The van der Waals surface area contributed by atoms with E-state index in [1.165, 1.54) is 7.11 Å². The minimum Gasteiger partial charge on any atom is -0.493 e. The summed E-state index contributed by atoms with van der Waals surface area (Å²) in [5.41, 5.74) is 2.41. The zero-order chi connectivity index (χ0) is 23.5. The third kappa shape index (κ3) is 5.71. The molecule has 4 rings (SSSR count). The smallest absolute Gasteiger partial charge is 0.363 e. The van der Waals surface area contributed by atoms with Crippen molar-refractivity contribution >= 4 is 79.7 Å². The number of ether oxygens (including phenoxy) is 3. The van der Waals surface area contributed by atoms with Gasteiger partial charge < -0.3 is 14.2 Å². The number of rotatable bonds is 6. The second kappa shape index (κ2) is 10.5. The Labute approximate surface area is 222 Å². The molecule has 5 nitrogen and oxygen atoms in total. The van der Waals surface area contributed by atoms with Crippen LogP contribution >= 0.6 is 61.7 Å². The molecule has 0 saturated heterocycles. The molecule has 1 heterocycles. The van der Waals surface area contributed by atoms with E-state index in [9.17, 15) is 4.79 Å². The number of carbonyl (C=O) groups is 1. The Morgan fingerprint density at radius 3 is 2.58 bits per heavy atom. The van der Waals surface area contributed by atoms with E-state index in [2.05, 4.69) is 43.5 Å². The van der Waals surface area contributed by atoms with Crippen molar-refractivity contribution in [3.8, 4) is 11.5 Å². The molecule has 3 aromatic rings. The standard InChI is InChI=1S/C24H15BrCl2INO4/c1-31-21-10-14(8-18(27)22(21)32-12-13-2-5-16(26)6-3-13)9-20-24(30)33-23(29-20)15-4-7-19(28)17(25)11-15/h2-11H,12H2,1H3/b20-9-. The van der Waals surface area contributed by atoms with Gasteiger partial charge in [0.2, 0.25) is 5.90 Å². The maximum atomic E-state index is 12.4. The fourth-order valence-corrected chi connectivity index (χ4v) is 4.13. The molecule has 0 atom stereocenters. The van der Waals surface area contributed by atoms with E-state index in [0.29, 0.717) is 39.3 Å². The second-order valence-corrected chi connectivity index (χ2v) is 9.77. The first kappa shape index (κ1) is 24.1. The van der Waals surface area contributed by atoms with Crippen LogP contribution in [0.3, 0.4) is 0 Å². The maximum absolute atomic E-state index is 12.4. The first-order chi connectivity index (χ1) is 15.8. The van der Waals surface area contributed by atoms with Crippen molar-refractivity contribution < 1.29 is 19.0 Å². The summed E-state index contributed by atoms with van der Waals surface area (Å²) in [6.45, 7) is 0.291. The number of methoxy groups -OCH3 is 1. The van der Waals surface area contributed by atoms with Gasteiger partial charge in [0.15, 0.2) is 17.2 Å². The van der Waals surface area contributed by atoms with Gasteiger partial charge in [0.1, 0.15) is 6.61 Å². The first-order valence-corrected chi connectivity index (χ1v) is 12.2. The molecule has 3 aromatic carbocycles. The number of hydrogen-bond donors (Lipinski definition) is 0. The number of benzene rings is 3. The van der Waals surface area contributed by atoms with Crippen molar-refractivity contribution in [1.82, 2.24) is 0 Å². The normalized spacial score (nSPS) is 14.3. The maximum Gasteiger partial charge on any atom is 0.363 e. The van der Waals surface area contributed by atoms with Crippen LogP contribution in [-0.2, 0) is 16.1 Å². The van der Waals surface area contributed by atoms with E-state index in [-0.39, 0.29) is 11.6 Å². The average molecular weight is 659 g/mol. The summed E-state index contributed by atoms with van der Waals surface area (Å²) < 4.78 is 18.6. The highest BCUT2D eigenvalue weighted by Crippen LogP contribution is 2.38. The monoisotopic (exact) mass is 657 g/mol. The van der Waals surface area contributed by atoms with Gasteiger partial charge in [-0.25, -0.2) is 9.79 Å². The molecule has 168 valence electrons. The Bertz CT molecular complexity index is 1290. The Balaban J connectivity index is 1.59. The molecule has 0 amide bonds. The molecule has 9 heteroatoms. The molecule has 0 aliphatic carbocycles. The van der Waals surface area contributed by atoms with Gasteiger partial charge in [-0.15, -0.1) is 0 Å². The Hall–Kier alpha value is -2.07. The number of esters is 1. The van der Waals surface area contributed by atoms with E-state index in [1.807, 2.05) is 30.3 Å². The van der Waals surface area contributed by atoms with E-state index in [0.717, 1.165) is 13.6 Å². The van der Waals surface area contributed by atoms with Gasteiger partial charge in [0, 0.05) is 18.6 Å². The Morgan fingerprint density at radius 2 is 1.88 bits per heavy atom. The lowest BCUT2D eigenvalue weighted by Crippen LogP contribution is -2.05. The summed E-state index contributed by atoms with van der Waals surface area (Å²) >= 11 is 18.1. The average Bonchev–Trinajstić information content (AvgIpc) is 3.15. The highest BCUT2D eigenvalue weighted by molar-refractivity contribution is 14.1. The quantitative estimate of drug-likeness (QED) is 0.159. The largest absolute Gasteiger partial charge is 0.493 e. The van der Waals surface area contributed by atoms with Crippen LogP contribution in [0.25, 0.3) is 6.08 Å². The lowest BCUT2D eigenvalue weighted by molar-refractivity contribution is -0.129. The fraction of sp³-hybridized carbons (Fsp3) is 0.0833. The third-order valence-corrected chi connectivity index (χ3v) is 7.51. The minimum atomic E-state index is -0.544. The number of nitrogens with zero attached hydrogens (tertiary/aromatic N) is 1. The highest BCUT2D eigenvalue weighted by atomic mass is 127. The summed E-state index contributed by atoms with van der Waals surface area (Å²) in [5.74, 6) is 0.529. The molecule has 1 aliphatic heterocycles. The fourth-order valence-electron chi connectivity index (χ4n) is 3.02. The lowest BCUT2D eigenvalue weighted by Gasteiger charge is -2.13. The zero-order valence-corrected chi connectivity index (χ0v) is 22.3. The van der Waals surface area contributed by atoms with Gasteiger partial charge >= 0.3 is 5.97 Å². The molecule has 0 aromatic heterocycles. The van der Waals surface area contributed by atoms with Crippen molar-refractivity contribution in [2.75, 3.05) is 7.11 Å². The number of cyclic esters (lactones) is 1. The number of hydrogen-bond acceptors (Lipinski definition) is 5. The van der Waals surface area contributed by atoms with Crippen molar-refractivity contribution in [2.45, 2.75) is 6.61 Å². The summed E-state index contributed by atoms with van der Waals surface area (Å²) in [4.78, 5) is 16.7. The molecular formula is C24H15BrCl2INO4. The molecular weight excluding hydrogens is 644 g/mol. The van der Waals surface area contributed by atoms with Crippen LogP contribution in [0.15, 0.2) is 69.8 Å². The van der Waals surface area contributed by atoms with Crippen LogP contribution in [0.5, 0.6) is 11.5 Å². The summed E-state index contributed by atoms with van der Waals surface area (Å²) in [6, 6.07) is 16.3. The third-order valence-electron chi connectivity index (χ3n) is 4.64. The van der Waals surface area contributed by atoms with Crippen LogP contribution in [0.1, 0.15) is 16.7 Å². The van der Waals surface area contributed by atoms with E-state index >= 15 is 0 Å². The summed E-state index contributed by atoms with van der Waals surface area (Å²) in [7, 11) is 1.52. The number of halogens is 4. The van der Waals surface area contributed by atoms with Crippen molar-refractivity contribution in [1.29, 1.82) is 0 Å². The number of carbonyl (C=O) groups excluding carboxylic acids is 1. The predicted molar refractivity (Wildman–Crippen MR) is 141 cm³/mol. The zero-order valence-electron chi connectivity index (χ0n) is 17.1. The van der Waals surface area contributed by atoms with Gasteiger partial charge in [-0.05, 0) is 98.2 Å². The van der Waals surface area contributed by atoms with Crippen LogP contribution in [-0.4, -0.2) is 19.0 Å². The van der Waals surface area contributed by atoms with E-state index < -0.39 is 5.97 Å². The first-order valence-electron chi connectivity index (χ1n) is 9.57. The van der Waals surface area contributed by atoms with Gasteiger partial charge in [0.25, 0.3) is 0 Å². The van der Waals surface area contributed by atoms with Gasteiger partial charge in [0.05, 0.1) is 12.1 Å². The van der Waals surface area contributed by atoms with E-state index in [4.69, 9.17) is 37.4 Å². The Kier molecular flexibility index (Phi) is 7.63. The Morgan fingerprint density at radius 1 is 1.12 bits per heavy atom. The molecule has 33 heavy (non-hydrogen) atoms. The van der Waals surface area contributed by atoms with Gasteiger partial charge in [-0.3, -0.25) is 0 Å². The lowest BCUT2D eigenvalue weighted by atomic mass is 10.1. The molecule has 1 aliphatic rings. The summed E-state index contributed by atoms with van der Waals surface area (Å²) in [6.07, 6.45) is 1.59. The second-order valence-electron chi connectivity index (χ2n) is 6.91. The molecule has 0 spiro atoms. The van der Waals surface area contributed by atoms with Crippen LogP contribution in [0.4, 0.5) is 0 Å². The van der Waals surface area contributed by atoms with Crippen molar-refractivity contribution in [3.63, 3.8) is 0 Å². The van der Waals surface area contributed by atoms with Gasteiger partial charge in [-0.1, -0.05) is 35.3 Å². The predicted octanol–water partition coefficient (Wildman–Crippen LogP) is 7.29. The van der Waals surface area contributed by atoms with Crippen LogP contribution < -0.4 is 9.47 Å². The molecule has 0 bridgehead atoms. The van der Waals surface area contributed by atoms with Crippen LogP contribution in [0.2, 0.25) is 10.0 Å².